The van der Waals surface area contributed by atoms with Crippen molar-refractivity contribution >= 4 is 22.5 Å². The smallest absolute Gasteiger partial charge is 0.0499 e. The molecule has 0 saturated heterocycles. The number of hydrogen-bond donors (Lipinski definition) is 0. The lowest BCUT2D eigenvalue weighted by atomic mass is 9.80. The highest BCUT2D eigenvalue weighted by molar-refractivity contribution is 6.35. The fourth-order valence-electron chi connectivity index (χ4n) is 3.60. The molecule has 0 N–H and O–H groups in total. The van der Waals surface area contributed by atoms with Crippen LogP contribution in [-0.4, -0.2) is 4.57 Å². The maximum atomic E-state index is 6.25. The van der Waals surface area contributed by atoms with Crippen molar-refractivity contribution in [2.24, 2.45) is 11.8 Å². The summed E-state index contributed by atoms with van der Waals surface area (Å²) in [6.07, 6.45) is 6.17. The lowest BCUT2D eigenvalue weighted by molar-refractivity contribution is 0.225. The van der Waals surface area contributed by atoms with Gasteiger partial charge in [-0.15, -0.1) is 0 Å². The van der Waals surface area contributed by atoms with E-state index in [0.717, 1.165) is 16.9 Å². The van der Waals surface area contributed by atoms with Gasteiger partial charge in [-0.25, -0.2) is 0 Å². The third kappa shape index (κ3) is 2.05. The van der Waals surface area contributed by atoms with Crippen LogP contribution in [-0.2, 0) is 0 Å². The minimum absolute atomic E-state index is 0.639. The highest BCUT2D eigenvalue weighted by atomic mass is 35.5. The molecular formula is C16H20ClN. The molecule has 1 aromatic heterocycles. The van der Waals surface area contributed by atoms with Gasteiger partial charge in [0.2, 0.25) is 0 Å². The van der Waals surface area contributed by atoms with Crippen molar-refractivity contribution in [3.8, 4) is 0 Å². The zero-order valence-electron chi connectivity index (χ0n) is 11.1. The highest BCUT2D eigenvalue weighted by Crippen LogP contribution is 2.38. The molecule has 0 radical (unpaired) electrons. The predicted octanol–water partition coefficient (Wildman–Crippen LogP) is 5.29. The molecule has 1 aromatic carbocycles. The summed E-state index contributed by atoms with van der Waals surface area (Å²) in [6.45, 7) is 4.75. The molecule has 0 amide bonds. The van der Waals surface area contributed by atoms with Gasteiger partial charge in [0.15, 0.2) is 0 Å². The maximum absolute atomic E-state index is 6.25. The van der Waals surface area contributed by atoms with Gasteiger partial charge in [-0.3, -0.25) is 0 Å². The van der Waals surface area contributed by atoms with E-state index < -0.39 is 0 Å². The van der Waals surface area contributed by atoms with Crippen LogP contribution in [0.25, 0.3) is 10.9 Å². The SMILES string of the molecule is CC1CC(C)CC(n2ccc3c(Cl)cccc32)C1. The van der Waals surface area contributed by atoms with Crippen LogP contribution in [0.4, 0.5) is 0 Å². The average Bonchev–Trinajstić information content (AvgIpc) is 2.73. The summed E-state index contributed by atoms with van der Waals surface area (Å²) in [7, 11) is 0. The lowest BCUT2D eigenvalue weighted by Gasteiger charge is -2.33. The summed E-state index contributed by atoms with van der Waals surface area (Å²) < 4.78 is 2.44. The molecule has 2 heteroatoms. The van der Waals surface area contributed by atoms with E-state index in [-0.39, 0.29) is 0 Å². The summed E-state index contributed by atoms with van der Waals surface area (Å²) in [4.78, 5) is 0. The normalized spacial score (nSPS) is 28.7. The molecule has 0 bridgehead atoms. The van der Waals surface area contributed by atoms with Gasteiger partial charge in [-0.1, -0.05) is 31.5 Å². The minimum Gasteiger partial charge on any atom is -0.344 e. The van der Waals surface area contributed by atoms with Crippen molar-refractivity contribution in [3.05, 3.63) is 35.5 Å². The molecule has 2 atom stereocenters. The minimum atomic E-state index is 0.639. The Hall–Kier alpha value is -0.950. The zero-order valence-corrected chi connectivity index (χ0v) is 11.8. The first-order valence-corrected chi connectivity index (χ1v) is 7.28. The molecule has 3 rings (SSSR count). The fraction of sp³-hybridized carbons (Fsp3) is 0.500. The van der Waals surface area contributed by atoms with Crippen LogP contribution in [0.2, 0.25) is 5.02 Å². The third-order valence-corrected chi connectivity index (χ3v) is 4.59. The predicted molar refractivity (Wildman–Crippen MR) is 78.2 cm³/mol. The molecule has 1 aliphatic carbocycles. The number of nitrogens with zero attached hydrogens (tertiary/aromatic N) is 1. The van der Waals surface area contributed by atoms with Crippen molar-refractivity contribution in [2.45, 2.75) is 39.2 Å². The van der Waals surface area contributed by atoms with Crippen LogP contribution >= 0.6 is 11.6 Å². The van der Waals surface area contributed by atoms with Crippen LogP contribution in [0, 0.1) is 11.8 Å². The molecular weight excluding hydrogens is 242 g/mol. The summed E-state index contributed by atoms with van der Waals surface area (Å²) in [5.41, 5.74) is 1.29. The van der Waals surface area contributed by atoms with E-state index >= 15 is 0 Å². The Bertz CT molecular complexity index is 547. The van der Waals surface area contributed by atoms with E-state index in [1.54, 1.807) is 0 Å². The van der Waals surface area contributed by atoms with Gasteiger partial charge in [-0.05, 0) is 49.3 Å². The van der Waals surface area contributed by atoms with Crippen molar-refractivity contribution in [3.63, 3.8) is 0 Å². The van der Waals surface area contributed by atoms with E-state index in [9.17, 15) is 0 Å². The quantitative estimate of drug-likeness (QED) is 0.657. The molecule has 1 heterocycles. The van der Waals surface area contributed by atoms with Gasteiger partial charge in [-0.2, -0.15) is 0 Å². The Balaban J connectivity index is 2.01. The summed E-state index contributed by atoms with van der Waals surface area (Å²) in [5, 5.41) is 2.05. The van der Waals surface area contributed by atoms with Gasteiger partial charge >= 0.3 is 0 Å². The van der Waals surface area contributed by atoms with Gasteiger partial charge in [0, 0.05) is 28.2 Å². The number of hydrogen-bond acceptors (Lipinski definition) is 0. The third-order valence-electron chi connectivity index (χ3n) is 4.26. The number of aromatic nitrogens is 1. The first-order valence-electron chi connectivity index (χ1n) is 6.90. The second-order valence-corrected chi connectivity index (χ2v) is 6.37. The van der Waals surface area contributed by atoms with E-state index in [4.69, 9.17) is 11.6 Å². The second kappa shape index (κ2) is 4.62. The molecule has 0 spiro atoms. The molecule has 1 nitrogen and oxygen atoms in total. The Labute approximate surface area is 114 Å². The molecule has 18 heavy (non-hydrogen) atoms. The van der Waals surface area contributed by atoms with Crippen molar-refractivity contribution < 1.29 is 0 Å². The van der Waals surface area contributed by atoms with E-state index in [2.05, 4.69) is 42.8 Å². The van der Waals surface area contributed by atoms with Crippen molar-refractivity contribution in [2.75, 3.05) is 0 Å². The first kappa shape index (κ1) is 12.1. The molecule has 1 aliphatic rings. The summed E-state index contributed by atoms with van der Waals surface area (Å²) in [6, 6.07) is 9.00. The standard InChI is InChI=1S/C16H20ClN/c1-11-8-12(2)10-13(9-11)18-7-6-14-15(17)4-3-5-16(14)18/h3-7,11-13H,8-10H2,1-2H3. The van der Waals surface area contributed by atoms with Crippen LogP contribution in [0.3, 0.4) is 0 Å². The van der Waals surface area contributed by atoms with Crippen LogP contribution in [0.1, 0.15) is 39.2 Å². The van der Waals surface area contributed by atoms with Crippen molar-refractivity contribution in [1.82, 2.24) is 4.57 Å². The van der Waals surface area contributed by atoms with E-state index in [1.807, 2.05) is 6.07 Å². The van der Waals surface area contributed by atoms with Crippen molar-refractivity contribution in [1.29, 1.82) is 0 Å². The van der Waals surface area contributed by atoms with Crippen LogP contribution < -0.4 is 0 Å². The van der Waals surface area contributed by atoms with Gasteiger partial charge in [0.25, 0.3) is 0 Å². The molecule has 2 aromatic rings. The first-order chi connectivity index (χ1) is 8.65. The van der Waals surface area contributed by atoms with Gasteiger partial charge < -0.3 is 4.57 Å². The van der Waals surface area contributed by atoms with Gasteiger partial charge in [0.05, 0.1) is 0 Å². The fourth-order valence-corrected chi connectivity index (χ4v) is 3.83. The number of halogens is 1. The van der Waals surface area contributed by atoms with Crippen LogP contribution in [0.5, 0.6) is 0 Å². The molecule has 1 saturated carbocycles. The zero-order chi connectivity index (χ0) is 12.7. The second-order valence-electron chi connectivity index (χ2n) is 5.97. The van der Waals surface area contributed by atoms with E-state index in [0.29, 0.717) is 6.04 Å². The molecule has 0 aliphatic heterocycles. The average molecular weight is 262 g/mol. The Morgan fingerprint density at radius 1 is 1.06 bits per heavy atom. The summed E-state index contributed by atoms with van der Waals surface area (Å²) in [5.74, 6) is 1.66. The topological polar surface area (TPSA) is 4.93 Å². The lowest BCUT2D eigenvalue weighted by Crippen LogP contribution is -2.22. The molecule has 96 valence electrons. The number of rotatable bonds is 1. The highest BCUT2D eigenvalue weighted by Gasteiger charge is 2.25. The molecule has 1 fully saturated rings. The van der Waals surface area contributed by atoms with Crippen LogP contribution in [0.15, 0.2) is 30.5 Å². The van der Waals surface area contributed by atoms with Gasteiger partial charge in [0.1, 0.15) is 0 Å². The largest absolute Gasteiger partial charge is 0.344 e. The summed E-state index contributed by atoms with van der Waals surface area (Å²) >= 11 is 6.25. The Kier molecular flexibility index (Phi) is 3.11. The Morgan fingerprint density at radius 3 is 2.50 bits per heavy atom. The van der Waals surface area contributed by atoms with E-state index in [1.165, 1.54) is 30.2 Å². The molecule has 2 unspecified atom stereocenters. The maximum Gasteiger partial charge on any atom is 0.0499 e. The Morgan fingerprint density at radius 2 is 1.78 bits per heavy atom. The monoisotopic (exact) mass is 261 g/mol. The number of fused-ring (bicyclic) bond motifs is 1. The number of benzene rings is 1.